The number of hydrogen-bond donors (Lipinski definition) is 2. The normalized spacial score (nSPS) is 11.9. The summed E-state index contributed by atoms with van der Waals surface area (Å²) in [5.74, 6) is 0.394. The van der Waals surface area contributed by atoms with E-state index in [1.165, 1.54) is 12.5 Å². The second kappa shape index (κ2) is 7.04. The lowest BCUT2D eigenvalue weighted by Gasteiger charge is -2.13. The Morgan fingerprint density at radius 2 is 2.16 bits per heavy atom. The van der Waals surface area contributed by atoms with E-state index in [0.29, 0.717) is 23.9 Å². The van der Waals surface area contributed by atoms with Gasteiger partial charge in [0.15, 0.2) is 5.82 Å². The van der Waals surface area contributed by atoms with Crippen LogP contribution in [0.1, 0.15) is 36.1 Å². The van der Waals surface area contributed by atoms with Crippen LogP contribution >= 0.6 is 0 Å². The van der Waals surface area contributed by atoms with E-state index in [0.717, 1.165) is 0 Å². The number of nitrogens with zero attached hydrogens (tertiary/aromatic N) is 5. The molecule has 0 aromatic carbocycles. The van der Waals surface area contributed by atoms with Crippen molar-refractivity contribution < 1.29 is 4.79 Å². The lowest BCUT2D eigenvalue weighted by molar-refractivity contribution is 0.0935. The van der Waals surface area contributed by atoms with Gasteiger partial charge in [0.1, 0.15) is 23.4 Å². The molecule has 0 unspecified atom stereocenters. The number of rotatable bonds is 5. The molecule has 0 saturated heterocycles. The Morgan fingerprint density at radius 3 is 2.84 bits per heavy atom. The fourth-order valence-corrected chi connectivity index (χ4v) is 2.38. The number of pyridine rings is 1. The number of amides is 1. The molecule has 3 aromatic heterocycles. The first-order valence-electron chi connectivity index (χ1n) is 7.79. The van der Waals surface area contributed by atoms with Gasteiger partial charge < -0.3 is 10.3 Å². The van der Waals surface area contributed by atoms with Gasteiger partial charge in [0.2, 0.25) is 0 Å². The fraction of sp³-hybridized carbons (Fsp3) is 0.250. The van der Waals surface area contributed by atoms with Gasteiger partial charge >= 0.3 is 0 Å². The van der Waals surface area contributed by atoms with Crippen molar-refractivity contribution >= 4 is 5.91 Å². The van der Waals surface area contributed by atoms with Crippen molar-refractivity contribution in [2.75, 3.05) is 0 Å². The summed E-state index contributed by atoms with van der Waals surface area (Å²) in [6.45, 7) is 4.34. The lowest BCUT2D eigenvalue weighted by Crippen LogP contribution is -2.33. The number of aromatic nitrogens is 6. The third kappa shape index (κ3) is 3.44. The van der Waals surface area contributed by atoms with Crippen LogP contribution < -0.4 is 10.9 Å². The molecule has 9 heteroatoms. The number of aromatic amines is 1. The molecular weight excluding hydrogens is 322 g/mol. The van der Waals surface area contributed by atoms with E-state index in [1.54, 1.807) is 36.0 Å². The molecule has 1 atom stereocenters. The van der Waals surface area contributed by atoms with Crippen molar-refractivity contribution in [3.05, 3.63) is 58.7 Å². The van der Waals surface area contributed by atoms with Gasteiger partial charge in [-0.05, 0) is 26.0 Å². The summed E-state index contributed by atoms with van der Waals surface area (Å²) in [6.07, 6.45) is 4.27. The standard InChI is InChI=1S/C16H17N7O2/c1-3-23-14(19-9-20-23)10(2)21-15(24)11-8-18-13(22-16(11)25)12-6-4-5-7-17-12/h4-10H,3H2,1-2H3,(H,21,24)(H,18,22,25)/t10-/m1/s1. The van der Waals surface area contributed by atoms with Gasteiger partial charge in [0.25, 0.3) is 11.5 Å². The average Bonchev–Trinajstić information content (AvgIpc) is 3.11. The number of carbonyl (C=O) groups is 1. The minimum atomic E-state index is -0.530. The zero-order chi connectivity index (χ0) is 17.8. The van der Waals surface area contributed by atoms with Crippen LogP contribution in [-0.4, -0.2) is 35.6 Å². The molecule has 3 aromatic rings. The Labute approximate surface area is 143 Å². The summed E-state index contributed by atoms with van der Waals surface area (Å²) in [5, 5.41) is 6.80. The van der Waals surface area contributed by atoms with Gasteiger partial charge in [-0.2, -0.15) is 5.10 Å². The van der Waals surface area contributed by atoms with Crippen LogP contribution in [0, 0.1) is 0 Å². The summed E-state index contributed by atoms with van der Waals surface area (Å²) >= 11 is 0. The van der Waals surface area contributed by atoms with Crippen molar-refractivity contribution in [1.82, 2.24) is 35.0 Å². The minimum absolute atomic E-state index is 0.0749. The lowest BCUT2D eigenvalue weighted by atomic mass is 10.2. The molecule has 0 radical (unpaired) electrons. The second-order valence-corrected chi connectivity index (χ2v) is 5.32. The summed E-state index contributed by atoms with van der Waals surface area (Å²) in [5.41, 5.74) is -0.0811. The Balaban J connectivity index is 1.80. The van der Waals surface area contributed by atoms with Gasteiger partial charge in [-0.25, -0.2) is 14.6 Å². The molecule has 2 N–H and O–H groups in total. The number of aryl methyl sites for hydroxylation is 1. The summed E-state index contributed by atoms with van der Waals surface area (Å²) in [4.78, 5) is 39.6. The first-order chi connectivity index (χ1) is 12.1. The van der Waals surface area contributed by atoms with Gasteiger partial charge in [-0.1, -0.05) is 6.07 Å². The zero-order valence-corrected chi connectivity index (χ0v) is 13.8. The highest BCUT2D eigenvalue weighted by Crippen LogP contribution is 2.10. The molecule has 0 saturated carbocycles. The van der Waals surface area contributed by atoms with Crippen LogP contribution in [0.2, 0.25) is 0 Å². The van der Waals surface area contributed by atoms with Gasteiger partial charge in [0.05, 0.1) is 6.04 Å². The van der Waals surface area contributed by atoms with Crippen LogP contribution in [0.15, 0.2) is 41.7 Å². The Kier molecular flexibility index (Phi) is 4.64. The van der Waals surface area contributed by atoms with E-state index >= 15 is 0 Å². The molecule has 0 spiro atoms. The third-order valence-corrected chi connectivity index (χ3v) is 3.63. The van der Waals surface area contributed by atoms with Gasteiger partial charge in [-0.15, -0.1) is 0 Å². The van der Waals surface area contributed by atoms with E-state index in [9.17, 15) is 9.59 Å². The predicted molar refractivity (Wildman–Crippen MR) is 89.7 cm³/mol. The first kappa shape index (κ1) is 16.5. The Bertz CT molecular complexity index is 933. The van der Waals surface area contributed by atoms with E-state index in [4.69, 9.17) is 0 Å². The quantitative estimate of drug-likeness (QED) is 0.714. The molecule has 0 aliphatic heterocycles. The maximum atomic E-state index is 12.4. The fourth-order valence-electron chi connectivity index (χ4n) is 2.38. The molecule has 3 rings (SSSR count). The van der Waals surface area contributed by atoms with Crippen molar-refractivity contribution in [3.8, 4) is 11.5 Å². The van der Waals surface area contributed by atoms with Gasteiger partial charge in [-0.3, -0.25) is 14.6 Å². The highest BCUT2D eigenvalue weighted by Gasteiger charge is 2.19. The van der Waals surface area contributed by atoms with Crippen LogP contribution in [0.3, 0.4) is 0 Å². The molecule has 128 valence electrons. The predicted octanol–water partition coefficient (Wildman–Crippen LogP) is 0.934. The van der Waals surface area contributed by atoms with Crippen molar-refractivity contribution in [3.63, 3.8) is 0 Å². The van der Waals surface area contributed by atoms with Crippen LogP contribution in [-0.2, 0) is 6.54 Å². The van der Waals surface area contributed by atoms with Crippen molar-refractivity contribution in [2.45, 2.75) is 26.4 Å². The zero-order valence-electron chi connectivity index (χ0n) is 13.8. The molecule has 0 aliphatic carbocycles. The summed E-state index contributed by atoms with van der Waals surface area (Å²) in [7, 11) is 0. The SMILES string of the molecule is CCn1ncnc1[C@@H](C)NC(=O)c1cnc(-c2ccccn2)[nH]c1=O. The monoisotopic (exact) mass is 339 g/mol. The number of hydrogen-bond acceptors (Lipinski definition) is 6. The minimum Gasteiger partial charge on any atom is -0.342 e. The summed E-state index contributed by atoms with van der Waals surface area (Å²) in [6, 6.07) is 4.87. The van der Waals surface area contributed by atoms with Crippen LogP contribution in [0.25, 0.3) is 11.5 Å². The molecule has 9 nitrogen and oxygen atoms in total. The van der Waals surface area contributed by atoms with E-state index in [-0.39, 0.29) is 5.56 Å². The Morgan fingerprint density at radius 1 is 1.32 bits per heavy atom. The molecule has 0 aliphatic rings. The summed E-state index contributed by atoms with van der Waals surface area (Å²) < 4.78 is 1.68. The molecule has 0 bridgehead atoms. The third-order valence-electron chi connectivity index (χ3n) is 3.63. The largest absolute Gasteiger partial charge is 0.342 e. The Hall–Kier alpha value is -3.36. The maximum Gasteiger partial charge on any atom is 0.264 e. The highest BCUT2D eigenvalue weighted by atomic mass is 16.2. The number of nitrogens with one attached hydrogen (secondary N) is 2. The average molecular weight is 339 g/mol. The molecular formula is C16H17N7O2. The van der Waals surface area contributed by atoms with Crippen LogP contribution in [0.5, 0.6) is 0 Å². The van der Waals surface area contributed by atoms with E-state index < -0.39 is 17.5 Å². The smallest absolute Gasteiger partial charge is 0.264 e. The van der Waals surface area contributed by atoms with E-state index in [2.05, 4.69) is 30.4 Å². The number of carbonyl (C=O) groups excluding carboxylic acids is 1. The second-order valence-electron chi connectivity index (χ2n) is 5.32. The maximum absolute atomic E-state index is 12.4. The van der Waals surface area contributed by atoms with Crippen molar-refractivity contribution in [1.29, 1.82) is 0 Å². The molecule has 1 amide bonds. The molecule has 3 heterocycles. The molecule has 25 heavy (non-hydrogen) atoms. The van der Waals surface area contributed by atoms with Gasteiger partial charge in [0, 0.05) is 18.9 Å². The van der Waals surface area contributed by atoms with Crippen LogP contribution in [0.4, 0.5) is 0 Å². The van der Waals surface area contributed by atoms with E-state index in [1.807, 2.05) is 6.92 Å². The number of H-pyrrole nitrogens is 1. The highest BCUT2D eigenvalue weighted by molar-refractivity contribution is 5.93. The van der Waals surface area contributed by atoms with Crippen molar-refractivity contribution in [2.24, 2.45) is 0 Å². The molecule has 0 fully saturated rings. The first-order valence-corrected chi connectivity index (χ1v) is 7.79. The topological polar surface area (TPSA) is 118 Å².